The van der Waals surface area contributed by atoms with Crippen LogP contribution < -0.4 is 10.5 Å². The molecule has 0 radical (unpaired) electrons. The van der Waals surface area contributed by atoms with Crippen LogP contribution in [0.4, 0.5) is 17.6 Å². The molecular weight excluding hydrogens is 284 g/mol. The number of halogens is 4. The van der Waals surface area contributed by atoms with Crippen LogP contribution in [0.3, 0.4) is 0 Å². The second kappa shape index (κ2) is 6.51. The van der Waals surface area contributed by atoms with E-state index in [0.717, 1.165) is 6.07 Å². The van der Waals surface area contributed by atoms with E-state index in [0.29, 0.717) is 0 Å². The molecule has 0 fully saturated rings. The number of hydrogen-bond acceptors (Lipinski definition) is 5. The van der Waals surface area contributed by atoms with Gasteiger partial charge in [0.05, 0.1) is 18.7 Å². The summed E-state index contributed by atoms with van der Waals surface area (Å²) >= 11 is 0. The number of hydrogen-bond donors (Lipinski definition) is 1. The second-order valence-electron chi connectivity index (χ2n) is 3.61. The highest BCUT2D eigenvalue weighted by molar-refractivity contribution is 5.73. The summed E-state index contributed by atoms with van der Waals surface area (Å²) in [5.41, 5.74) is 4.48. The van der Waals surface area contributed by atoms with Crippen molar-refractivity contribution < 1.29 is 31.8 Å². The van der Waals surface area contributed by atoms with Crippen molar-refractivity contribution >= 4 is 5.97 Å². The topological polar surface area (TPSA) is 74.4 Å². The minimum absolute atomic E-state index is 0.0351. The monoisotopic (exact) mass is 296 g/mol. The molecule has 1 aromatic rings. The maximum absolute atomic E-state index is 13.2. The Bertz CT molecular complexity index is 491. The standard InChI is InChI=1S/C11H12F4N2O3/c1-2-19-9(18)4-7-10(20-11(13,14)15)6(5-16)3-8(12)17-7/h3H,2,4-5,16H2,1H3. The second-order valence-corrected chi connectivity index (χ2v) is 3.61. The van der Waals surface area contributed by atoms with Crippen LogP contribution in [0.15, 0.2) is 6.07 Å². The molecule has 0 saturated carbocycles. The summed E-state index contributed by atoms with van der Waals surface area (Å²) in [5.74, 6) is -2.67. The van der Waals surface area contributed by atoms with Gasteiger partial charge in [-0.3, -0.25) is 4.79 Å². The molecule has 1 rings (SSSR count). The lowest BCUT2D eigenvalue weighted by Gasteiger charge is -2.15. The normalized spacial score (nSPS) is 11.3. The van der Waals surface area contributed by atoms with Crippen molar-refractivity contribution in [2.24, 2.45) is 5.73 Å². The SMILES string of the molecule is CCOC(=O)Cc1nc(F)cc(CN)c1OC(F)(F)F. The minimum atomic E-state index is -5.01. The van der Waals surface area contributed by atoms with Gasteiger partial charge in [0.2, 0.25) is 5.95 Å². The van der Waals surface area contributed by atoms with Crippen LogP contribution in [0.1, 0.15) is 18.2 Å². The Morgan fingerprint density at radius 1 is 1.45 bits per heavy atom. The number of nitrogens with two attached hydrogens (primary N) is 1. The molecule has 0 aliphatic heterocycles. The lowest BCUT2D eigenvalue weighted by atomic mass is 10.1. The van der Waals surface area contributed by atoms with Crippen molar-refractivity contribution in [2.45, 2.75) is 26.3 Å². The summed E-state index contributed by atoms with van der Waals surface area (Å²) in [6.07, 6.45) is -5.66. The van der Waals surface area contributed by atoms with Crippen LogP contribution in [0, 0.1) is 5.95 Å². The molecule has 112 valence electrons. The van der Waals surface area contributed by atoms with Gasteiger partial charge in [0.15, 0.2) is 5.75 Å². The number of ether oxygens (including phenoxy) is 2. The molecule has 0 amide bonds. The van der Waals surface area contributed by atoms with Gasteiger partial charge >= 0.3 is 12.3 Å². The summed E-state index contributed by atoms with van der Waals surface area (Å²) in [6.45, 7) is 1.16. The smallest absolute Gasteiger partial charge is 0.466 e. The van der Waals surface area contributed by atoms with Gasteiger partial charge in [-0.05, 0) is 6.92 Å². The number of esters is 1. The molecule has 1 heterocycles. The van der Waals surface area contributed by atoms with Gasteiger partial charge in [0.25, 0.3) is 0 Å². The van der Waals surface area contributed by atoms with Crippen molar-refractivity contribution in [3.8, 4) is 5.75 Å². The Morgan fingerprint density at radius 3 is 2.60 bits per heavy atom. The highest BCUT2D eigenvalue weighted by atomic mass is 19.4. The van der Waals surface area contributed by atoms with Gasteiger partial charge in [-0.25, -0.2) is 4.98 Å². The highest BCUT2D eigenvalue weighted by Gasteiger charge is 2.34. The fourth-order valence-electron chi connectivity index (χ4n) is 1.47. The van der Waals surface area contributed by atoms with Crippen molar-refractivity contribution in [1.82, 2.24) is 4.98 Å². The Morgan fingerprint density at radius 2 is 2.10 bits per heavy atom. The quantitative estimate of drug-likeness (QED) is 0.508. The van der Waals surface area contributed by atoms with Gasteiger partial charge in [-0.1, -0.05) is 0 Å². The van der Waals surface area contributed by atoms with E-state index in [1.807, 2.05) is 0 Å². The number of nitrogens with zero attached hydrogens (tertiary/aromatic N) is 1. The van der Waals surface area contributed by atoms with Crippen molar-refractivity contribution in [2.75, 3.05) is 6.61 Å². The molecule has 0 saturated heterocycles. The van der Waals surface area contributed by atoms with Crippen LogP contribution in [-0.4, -0.2) is 23.9 Å². The predicted molar refractivity (Wildman–Crippen MR) is 59.1 cm³/mol. The number of aromatic nitrogens is 1. The van der Waals surface area contributed by atoms with Crippen molar-refractivity contribution in [3.05, 3.63) is 23.3 Å². The molecule has 9 heteroatoms. The average molecular weight is 296 g/mol. The Labute approximate surface area is 111 Å². The molecule has 0 unspecified atom stereocenters. The van der Waals surface area contributed by atoms with Crippen LogP contribution >= 0.6 is 0 Å². The van der Waals surface area contributed by atoms with E-state index in [-0.39, 0.29) is 12.2 Å². The Hall–Kier alpha value is -1.90. The third-order valence-electron chi connectivity index (χ3n) is 2.14. The zero-order valence-electron chi connectivity index (χ0n) is 10.5. The first-order valence-electron chi connectivity index (χ1n) is 5.56. The lowest BCUT2D eigenvalue weighted by Crippen LogP contribution is -2.22. The van der Waals surface area contributed by atoms with E-state index < -0.39 is 42.7 Å². The van der Waals surface area contributed by atoms with E-state index in [9.17, 15) is 22.4 Å². The predicted octanol–water partition coefficient (Wildman–Crippen LogP) is 1.68. The van der Waals surface area contributed by atoms with Crippen molar-refractivity contribution in [1.29, 1.82) is 0 Å². The summed E-state index contributed by atoms with van der Waals surface area (Å²) in [4.78, 5) is 14.5. The molecule has 0 aliphatic rings. The summed E-state index contributed by atoms with van der Waals surface area (Å²) in [6, 6.07) is 0.718. The van der Waals surface area contributed by atoms with Crippen LogP contribution in [0.5, 0.6) is 5.75 Å². The molecule has 0 aromatic carbocycles. The van der Waals surface area contributed by atoms with Crippen LogP contribution in [0.25, 0.3) is 0 Å². The molecular formula is C11H12F4N2O3. The molecule has 0 bridgehead atoms. The zero-order chi connectivity index (χ0) is 15.3. The fourth-order valence-corrected chi connectivity index (χ4v) is 1.47. The molecule has 0 spiro atoms. The van der Waals surface area contributed by atoms with Gasteiger partial charge in [0, 0.05) is 18.2 Å². The molecule has 0 aliphatic carbocycles. The Balaban J connectivity index is 3.18. The average Bonchev–Trinajstić information content (AvgIpc) is 2.31. The van der Waals surface area contributed by atoms with Crippen molar-refractivity contribution in [3.63, 3.8) is 0 Å². The highest BCUT2D eigenvalue weighted by Crippen LogP contribution is 2.30. The summed E-state index contributed by atoms with van der Waals surface area (Å²) in [7, 11) is 0. The third-order valence-corrected chi connectivity index (χ3v) is 2.14. The summed E-state index contributed by atoms with van der Waals surface area (Å²) in [5, 5.41) is 0. The van der Waals surface area contributed by atoms with Crippen LogP contribution in [-0.2, 0) is 22.5 Å². The van der Waals surface area contributed by atoms with E-state index in [1.165, 1.54) is 6.92 Å². The Kier molecular flexibility index (Phi) is 5.26. The van der Waals surface area contributed by atoms with Gasteiger partial charge in [0.1, 0.15) is 0 Å². The lowest BCUT2D eigenvalue weighted by molar-refractivity contribution is -0.275. The molecule has 5 nitrogen and oxygen atoms in total. The largest absolute Gasteiger partial charge is 0.573 e. The van der Waals surface area contributed by atoms with E-state index in [1.54, 1.807) is 0 Å². The fraction of sp³-hybridized carbons (Fsp3) is 0.455. The van der Waals surface area contributed by atoms with E-state index in [4.69, 9.17) is 5.73 Å². The zero-order valence-corrected chi connectivity index (χ0v) is 10.5. The maximum atomic E-state index is 13.2. The minimum Gasteiger partial charge on any atom is -0.466 e. The van der Waals surface area contributed by atoms with E-state index in [2.05, 4.69) is 14.5 Å². The number of pyridine rings is 1. The van der Waals surface area contributed by atoms with Gasteiger partial charge in [-0.15, -0.1) is 13.2 Å². The summed E-state index contributed by atoms with van der Waals surface area (Å²) < 4.78 is 58.5. The van der Waals surface area contributed by atoms with E-state index >= 15 is 0 Å². The maximum Gasteiger partial charge on any atom is 0.573 e. The first kappa shape index (κ1) is 16.2. The van der Waals surface area contributed by atoms with Crippen LogP contribution in [0.2, 0.25) is 0 Å². The molecule has 2 N–H and O–H groups in total. The molecule has 20 heavy (non-hydrogen) atoms. The number of carbonyl (C=O) groups is 1. The number of alkyl halides is 3. The molecule has 0 atom stereocenters. The molecule has 1 aromatic heterocycles. The van der Waals surface area contributed by atoms with Gasteiger partial charge in [-0.2, -0.15) is 4.39 Å². The first-order chi connectivity index (χ1) is 9.26. The number of rotatable bonds is 5. The number of carbonyl (C=O) groups excluding carboxylic acids is 1. The van der Waals surface area contributed by atoms with Gasteiger partial charge < -0.3 is 15.2 Å². The first-order valence-corrected chi connectivity index (χ1v) is 5.56. The third kappa shape index (κ3) is 4.65.